The van der Waals surface area contributed by atoms with Gasteiger partial charge in [0, 0.05) is 5.56 Å². The summed E-state index contributed by atoms with van der Waals surface area (Å²) in [6, 6.07) is 0. The molecular formula is C5H7NO. The van der Waals surface area contributed by atoms with Gasteiger partial charge in [0.15, 0.2) is 0 Å². The van der Waals surface area contributed by atoms with Gasteiger partial charge in [-0.05, 0) is 13.8 Å². The molecule has 38 valence electrons. The van der Waals surface area contributed by atoms with E-state index < -0.39 is 0 Å². The van der Waals surface area contributed by atoms with Crippen molar-refractivity contribution in [3.63, 3.8) is 0 Å². The van der Waals surface area contributed by atoms with Gasteiger partial charge in [0.1, 0.15) is 7.61 Å². The molecule has 0 saturated carbocycles. The van der Waals surface area contributed by atoms with Crippen LogP contribution in [-0.4, -0.2) is 5.16 Å². The van der Waals surface area contributed by atoms with E-state index in [2.05, 4.69) is 9.68 Å². The fourth-order valence-electron chi connectivity index (χ4n) is 0.302. The second kappa shape index (κ2) is 1.37. The Hall–Kier alpha value is -0.790. The molecule has 0 atom stereocenters. The van der Waals surface area contributed by atoms with Crippen LogP contribution in [0.5, 0.6) is 0 Å². The summed E-state index contributed by atoms with van der Waals surface area (Å²) in [5, 5.41) is 3.55. The minimum Gasteiger partial charge on any atom is -0.364 e. The number of aryl methyl sites for hydroxylation is 1. The summed E-state index contributed by atoms with van der Waals surface area (Å²) in [4.78, 5) is 0. The molecule has 7 heavy (non-hydrogen) atoms. The van der Waals surface area contributed by atoms with Crippen LogP contribution in [0.2, 0.25) is 0 Å². The molecule has 0 amide bonds. The lowest BCUT2D eigenvalue weighted by Crippen LogP contribution is -1.69. The Bertz CT molecular complexity index is 175. The molecule has 0 saturated heterocycles. The van der Waals surface area contributed by atoms with E-state index >= 15 is 0 Å². The zero-order valence-corrected chi connectivity index (χ0v) is 4.36. The first-order valence-electron chi connectivity index (χ1n) is 2.61. The molecule has 1 aromatic rings. The van der Waals surface area contributed by atoms with Crippen LogP contribution < -0.4 is 0 Å². The Balaban J connectivity index is 3.19. The maximum Gasteiger partial charge on any atom is 0.126 e. The molecule has 1 aromatic heterocycles. The Labute approximate surface area is 43.5 Å². The predicted molar refractivity (Wildman–Crippen MR) is 26.0 cm³/mol. The number of hydrogen-bond acceptors (Lipinski definition) is 2. The van der Waals surface area contributed by atoms with Crippen LogP contribution in [0.4, 0.5) is 0 Å². The zero-order valence-electron chi connectivity index (χ0n) is 5.36. The minimum absolute atomic E-state index is 0.169. The van der Waals surface area contributed by atoms with Gasteiger partial charge in [0.25, 0.3) is 0 Å². The zero-order chi connectivity index (χ0) is 6.15. The molecule has 0 aliphatic heterocycles. The van der Waals surface area contributed by atoms with Gasteiger partial charge in [-0.3, -0.25) is 0 Å². The number of rotatable bonds is 0. The molecule has 0 spiro atoms. The highest BCUT2D eigenvalue weighted by molar-refractivity contribution is 5.08. The third-order valence-electron chi connectivity index (χ3n) is 0.924. The standard InChI is InChI=1S/C5H7NO/c1-4-3-7-6-5(4)2/h3H,1-2H3/i3D. The van der Waals surface area contributed by atoms with Gasteiger partial charge >= 0.3 is 0 Å². The molecule has 1 rings (SSSR count). The van der Waals surface area contributed by atoms with Crippen LogP contribution in [-0.2, 0) is 0 Å². The monoisotopic (exact) mass is 98.1 g/mol. The first-order valence-corrected chi connectivity index (χ1v) is 2.11. The van der Waals surface area contributed by atoms with Gasteiger partial charge in [-0.15, -0.1) is 0 Å². The Morgan fingerprint density at radius 2 is 2.57 bits per heavy atom. The summed E-state index contributed by atoms with van der Waals surface area (Å²) in [7, 11) is 0. The highest BCUT2D eigenvalue weighted by Gasteiger charge is 1.90. The second-order valence-electron chi connectivity index (χ2n) is 1.50. The minimum atomic E-state index is 0.169. The number of nitrogens with zero attached hydrogens (tertiary/aromatic N) is 1. The number of aromatic nitrogens is 1. The predicted octanol–water partition coefficient (Wildman–Crippen LogP) is 1.29. The third kappa shape index (κ3) is 0.633. The summed E-state index contributed by atoms with van der Waals surface area (Å²) >= 11 is 0. The van der Waals surface area contributed by atoms with Crippen LogP contribution in [0.3, 0.4) is 0 Å². The molecule has 0 unspecified atom stereocenters. The molecule has 0 fully saturated rings. The van der Waals surface area contributed by atoms with Crippen LogP contribution >= 0.6 is 0 Å². The Morgan fingerprint density at radius 1 is 1.86 bits per heavy atom. The fraction of sp³-hybridized carbons (Fsp3) is 0.400. The largest absolute Gasteiger partial charge is 0.364 e. The van der Waals surface area contributed by atoms with E-state index in [1.165, 1.54) is 0 Å². The fourth-order valence-corrected chi connectivity index (χ4v) is 0.302. The summed E-state index contributed by atoms with van der Waals surface area (Å²) < 4.78 is 11.5. The quantitative estimate of drug-likeness (QED) is 0.488. The van der Waals surface area contributed by atoms with Crippen molar-refractivity contribution >= 4 is 0 Å². The van der Waals surface area contributed by atoms with E-state index in [0.717, 1.165) is 11.3 Å². The van der Waals surface area contributed by atoms with E-state index in [0.29, 0.717) is 0 Å². The van der Waals surface area contributed by atoms with Gasteiger partial charge in [0.2, 0.25) is 0 Å². The van der Waals surface area contributed by atoms with Gasteiger partial charge < -0.3 is 4.52 Å². The van der Waals surface area contributed by atoms with Crippen molar-refractivity contribution in [3.8, 4) is 0 Å². The molecule has 1 heterocycles. The summed E-state index contributed by atoms with van der Waals surface area (Å²) in [5.41, 5.74) is 1.63. The topological polar surface area (TPSA) is 26.0 Å². The van der Waals surface area contributed by atoms with Gasteiger partial charge in [-0.25, -0.2) is 0 Å². The smallest absolute Gasteiger partial charge is 0.126 e. The summed E-state index contributed by atoms with van der Waals surface area (Å²) in [5.74, 6) is 0. The van der Waals surface area contributed by atoms with Gasteiger partial charge in [0.05, 0.1) is 5.69 Å². The van der Waals surface area contributed by atoms with Crippen molar-refractivity contribution in [1.82, 2.24) is 5.16 Å². The molecule has 0 aliphatic rings. The van der Waals surface area contributed by atoms with E-state index in [9.17, 15) is 0 Å². The first-order chi connectivity index (χ1) is 3.72. The number of hydrogen-bond donors (Lipinski definition) is 0. The summed E-state index contributed by atoms with van der Waals surface area (Å²) in [6.45, 7) is 3.63. The summed E-state index contributed by atoms with van der Waals surface area (Å²) in [6.07, 6.45) is 0.169. The lowest BCUT2D eigenvalue weighted by Gasteiger charge is -1.74. The Kier molecular flexibility index (Phi) is 0.635. The van der Waals surface area contributed by atoms with Crippen molar-refractivity contribution in [1.29, 1.82) is 0 Å². The van der Waals surface area contributed by atoms with E-state index in [1.807, 2.05) is 13.8 Å². The van der Waals surface area contributed by atoms with Crippen LogP contribution in [0.25, 0.3) is 0 Å². The highest BCUT2D eigenvalue weighted by atomic mass is 16.5. The average Bonchev–Trinajstić information content (AvgIpc) is 1.98. The van der Waals surface area contributed by atoms with Crippen LogP contribution in [0.1, 0.15) is 12.6 Å². The molecule has 0 N–H and O–H groups in total. The van der Waals surface area contributed by atoms with Crippen molar-refractivity contribution in [3.05, 3.63) is 17.5 Å². The van der Waals surface area contributed by atoms with Crippen LogP contribution in [0.15, 0.2) is 10.8 Å². The third-order valence-corrected chi connectivity index (χ3v) is 0.924. The van der Waals surface area contributed by atoms with Crippen LogP contribution in [0, 0.1) is 13.8 Å². The van der Waals surface area contributed by atoms with E-state index in [-0.39, 0.29) is 6.24 Å². The lowest BCUT2D eigenvalue weighted by atomic mass is 10.3. The second-order valence-corrected chi connectivity index (χ2v) is 1.50. The first kappa shape index (κ1) is 3.24. The van der Waals surface area contributed by atoms with E-state index in [4.69, 9.17) is 1.37 Å². The Morgan fingerprint density at radius 3 is 2.71 bits per heavy atom. The molecule has 2 nitrogen and oxygen atoms in total. The lowest BCUT2D eigenvalue weighted by molar-refractivity contribution is 0.414. The molecule has 0 aliphatic carbocycles. The van der Waals surface area contributed by atoms with Crippen molar-refractivity contribution < 1.29 is 5.89 Å². The SMILES string of the molecule is [2H]c1onc(C)c1C. The highest BCUT2D eigenvalue weighted by Crippen LogP contribution is 1.99. The van der Waals surface area contributed by atoms with Gasteiger partial charge in [-0.1, -0.05) is 5.16 Å². The molecule has 0 radical (unpaired) electrons. The van der Waals surface area contributed by atoms with Crippen molar-refractivity contribution in [2.75, 3.05) is 0 Å². The maximum atomic E-state index is 7.01. The molecule has 0 bridgehead atoms. The maximum absolute atomic E-state index is 7.01. The molecule has 2 heteroatoms. The van der Waals surface area contributed by atoms with Crippen molar-refractivity contribution in [2.24, 2.45) is 0 Å². The van der Waals surface area contributed by atoms with Gasteiger partial charge in [-0.2, -0.15) is 0 Å². The van der Waals surface area contributed by atoms with E-state index in [1.54, 1.807) is 0 Å². The van der Waals surface area contributed by atoms with Crippen molar-refractivity contribution in [2.45, 2.75) is 13.8 Å². The normalized spacial score (nSPS) is 11.4. The molecular weight excluding hydrogens is 90.1 g/mol. The average molecular weight is 98.1 g/mol. The molecule has 0 aromatic carbocycles.